The Kier molecular flexibility index (Phi) is 6.07. The van der Waals surface area contributed by atoms with Crippen molar-refractivity contribution in [2.75, 3.05) is 39.8 Å². The number of hydrogen-bond acceptors (Lipinski definition) is 4. The van der Waals surface area contributed by atoms with Crippen molar-refractivity contribution >= 4 is 5.91 Å². The highest BCUT2D eigenvalue weighted by molar-refractivity contribution is 5.81. The van der Waals surface area contributed by atoms with Gasteiger partial charge in [-0.25, -0.2) is 0 Å². The Labute approximate surface area is 132 Å². The molecule has 0 spiro atoms. The first-order valence-corrected chi connectivity index (χ1v) is 7.99. The van der Waals surface area contributed by atoms with Crippen LogP contribution in [0.25, 0.3) is 0 Å². The van der Waals surface area contributed by atoms with Crippen LogP contribution in [-0.2, 0) is 4.79 Å². The Morgan fingerprint density at radius 2 is 1.86 bits per heavy atom. The SMILES string of the molecule is CCC(Oc1cccc(OC)c1)C(=O)N1CCN(CC)CC1. The third kappa shape index (κ3) is 4.13. The minimum absolute atomic E-state index is 0.0843. The normalized spacial score (nSPS) is 17.1. The Morgan fingerprint density at radius 3 is 2.45 bits per heavy atom. The maximum absolute atomic E-state index is 12.6. The molecule has 5 heteroatoms. The fraction of sp³-hybridized carbons (Fsp3) is 0.588. The van der Waals surface area contributed by atoms with Crippen molar-refractivity contribution in [3.05, 3.63) is 24.3 Å². The second-order valence-electron chi connectivity index (χ2n) is 5.45. The van der Waals surface area contributed by atoms with Gasteiger partial charge in [-0.1, -0.05) is 19.9 Å². The number of hydrogen-bond donors (Lipinski definition) is 0. The molecule has 122 valence electrons. The highest BCUT2D eigenvalue weighted by Crippen LogP contribution is 2.21. The van der Waals surface area contributed by atoms with Crippen molar-refractivity contribution in [3.8, 4) is 11.5 Å². The van der Waals surface area contributed by atoms with Crippen LogP contribution in [-0.4, -0.2) is 61.6 Å². The molecule has 1 amide bonds. The van der Waals surface area contributed by atoms with Crippen molar-refractivity contribution in [3.63, 3.8) is 0 Å². The first-order valence-electron chi connectivity index (χ1n) is 7.99. The summed E-state index contributed by atoms with van der Waals surface area (Å²) < 4.78 is 11.1. The number of nitrogens with zero attached hydrogens (tertiary/aromatic N) is 2. The van der Waals surface area contributed by atoms with E-state index in [1.165, 1.54) is 0 Å². The molecule has 0 N–H and O–H groups in total. The van der Waals surface area contributed by atoms with Gasteiger partial charge in [-0.05, 0) is 25.1 Å². The summed E-state index contributed by atoms with van der Waals surface area (Å²) in [5.74, 6) is 1.49. The summed E-state index contributed by atoms with van der Waals surface area (Å²) >= 11 is 0. The van der Waals surface area contributed by atoms with Crippen molar-refractivity contribution in [2.24, 2.45) is 0 Å². The molecule has 1 fully saturated rings. The van der Waals surface area contributed by atoms with E-state index < -0.39 is 6.10 Å². The first-order chi connectivity index (χ1) is 10.7. The van der Waals surface area contributed by atoms with Crippen molar-refractivity contribution in [2.45, 2.75) is 26.4 Å². The average Bonchev–Trinajstić information content (AvgIpc) is 2.59. The molecule has 1 aliphatic heterocycles. The van der Waals surface area contributed by atoms with E-state index in [1.54, 1.807) is 7.11 Å². The molecule has 1 aromatic rings. The molecule has 1 saturated heterocycles. The Bertz CT molecular complexity index is 485. The van der Waals surface area contributed by atoms with Crippen LogP contribution in [0.3, 0.4) is 0 Å². The number of likely N-dealkylation sites (N-methyl/N-ethyl adjacent to an activating group) is 1. The van der Waals surface area contributed by atoms with Crippen LogP contribution in [0.4, 0.5) is 0 Å². The van der Waals surface area contributed by atoms with Crippen LogP contribution >= 0.6 is 0 Å². The molecule has 1 aliphatic rings. The van der Waals surface area contributed by atoms with Gasteiger partial charge in [0.2, 0.25) is 0 Å². The lowest BCUT2D eigenvalue weighted by Crippen LogP contribution is -2.52. The lowest BCUT2D eigenvalue weighted by Gasteiger charge is -2.35. The fourth-order valence-corrected chi connectivity index (χ4v) is 2.64. The standard InChI is InChI=1S/C17H26N2O3/c1-4-16(22-15-8-6-7-14(13-15)21-3)17(20)19-11-9-18(5-2)10-12-19/h6-8,13,16H,4-5,9-12H2,1-3H3. The predicted molar refractivity (Wildman–Crippen MR) is 86.4 cm³/mol. The van der Waals surface area contributed by atoms with Gasteiger partial charge < -0.3 is 19.3 Å². The van der Waals surface area contributed by atoms with Gasteiger partial charge in [-0.15, -0.1) is 0 Å². The van der Waals surface area contributed by atoms with Gasteiger partial charge in [0.1, 0.15) is 11.5 Å². The number of carbonyl (C=O) groups excluding carboxylic acids is 1. The number of benzene rings is 1. The molecule has 1 unspecified atom stereocenters. The Morgan fingerprint density at radius 1 is 1.18 bits per heavy atom. The minimum Gasteiger partial charge on any atom is -0.497 e. The zero-order chi connectivity index (χ0) is 15.9. The maximum atomic E-state index is 12.6. The van der Waals surface area contributed by atoms with E-state index >= 15 is 0 Å². The van der Waals surface area contributed by atoms with E-state index in [9.17, 15) is 4.79 Å². The van der Waals surface area contributed by atoms with Crippen molar-refractivity contribution in [1.29, 1.82) is 0 Å². The molecule has 0 aromatic heterocycles. The number of rotatable bonds is 6. The third-order valence-corrected chi connectivity index (χ3v) is 4.10. The molecule has 0 saturated carbocycles. The van der Waals surface area contributed by atoms with Crippen LogP contribution < -0.4 is 9.47 Å². The largest absolute Gasteiger partial charge is 0.497 e. The molecule has 2 rings (SSSR count). The summed E-state index contributed by atoms with van der Waals surface area (Å²) in [6, 6.07) is 7.39. The predicted octanol–water partition coefficient (Wildman–Crippen LogP) is 2.02. The number of piperazine rings is 1. The van der Waals surface area contributed by atoms with Crippen LogP contribution in [0.15, 0.2) is 24.3 Å². The van der Waals surface area contributed by atoms with E-state index in [1.807, 2.05) is 36.1 Å². The van der Waals surface area contributed by atoms with E-state index in [-0.39, 0.29) is 5.91 Å². The molecule has 22 heavy (non-hydrogen) atoms. The lowest BCUT2D eigenvalue weighted by molar-refractivity contribution is -0.140. The van der Waals surface area contributed by atoms with Gasteiger partial charge in [-0.2, -0.15) is 0 Å². The first kappa shape index (κ1) is 16.6. The molecule has 0 bridgehead atoms. The summed E-state index contributed by atoms with van der Waals surface area (Å²) in [6.07, 6.45) is 0.226. The van der Waals surface area contributed by atoms with E-state index in [4.69, 9.17) is 9.47 Å². The van der Waals surface area contributed by atoms with E-state index in [2.05, 4.69) is 11.8 Å². The van der Waals surface area contributed by atoms with Crippen molar-refractivity contribution < 1.29 is 14.3 Å². The molecule has 1 heterocycles. The third-order valence-electron chi connectivity index (χ3n) is 4.10. The maximum Gasteiger partial charge on any atom is 0.263 e. The number of amides is 1. The van der Waals surface area contributed by atoms with Gasteiger partial charge >= 0.3 is 0 Å². The fourth-order valence-electron chi connectivity index (χ4n) is 2.64. The number of carbonyl (C=O) groups is 1. The highest BCUT2D eigenvalue weighted by atomic mass is 16.5. The monoisotopic (exact) mass is 306 g/mol. The molecule has 1 aromatic carbocycles. The number of ether oxygens (including phenoxy) is 2. The summed E-state index contributed by atoms with van der Waals surface area (Å²) in [5.41, 5.74) is 0. The molecule has 0 radical (unpaired) electrons. The van der Waals surface area contributed by atoms with Crippen LogP contribution in [0.1, 0.15) is 20.3 Å². The zero-order valence-corrected chi connectivity index (χ0v) is 13.7. The van der Waals surface area contributed by atoms with Gasteiger partial charge in [0, 0.05) is 32.2 Å². The number of methoxy groups -OCH3 is 1. The van der Waals surface area contributed by atoms with Crippen LogP contribution in [0.5, 0.6) is 11.5 Å². The highest BCUT2D eigenvalue weighted by Gasteiger charge is 2.27. The summed E-state index contributed by atoms with van der Waals surface area (Å²) in [4.78, 5) is 16.9. The lowest BCUT2D eigenvalue weighted by atomic mass is 10.2. The quantitative estimate of drug-likeness (QED) is 0.806. The molecular formula is C17H26N2O3. The van der Waals surface area contributed by atoms with Crippen molar-refractivity contribution in [1.82, 2.24) is 9.80 Å². The Balaban J connectivity index is 1.97. The van der Waals surface area contributed by atoms with Crippen LogP contribution in [0, 0.1) is 0 Å². The summed E-state index contributed by atoms with van der Waals surface area (Å²) in [7, 11) is 1.62. The molecule has 1 atom stereocenters. The molecular weight excluding hydrogens is 280 g/mol. The smallest absolute Gasteiger partial charge is 0.263 e. The van der Waals surface area contributed by atoms with Crippen LogP contribution in [0.2, 0.25) is 0 Å². The molecule has 0 aliphatic carbocycles. The van der Waals surface area contributed by atoms with Gasteiger partial charge in [0.05, 0.1) is 7.11 Å². The second kappa shape index (κ2) is 8.03. The summed E-state index contributed by atoms with van der Waals surface area (Å²) in [6.45, 7) is 8.62. The topological polar surface area (TPSA) is 42.0 Å². The zero-order valence-electron chi connectivity index (χ0n) is 13.7. The minimum atomic E-state index is -0.430. The van der Waals surface area contributed by atoms with Gasteiger partial charge in [0.25, 0.3) is 5.91 Å². The van der Waals surface area contributed by atoms with Gasteiger partial charge in [-0.3, -0.25) is 4.79 Å². The Hall–Kier alpha value is -1.75. The average molecular weight is 306 g/mol. The van der Waals surface area contributed by atoms with E-state index in [0.717, 1.165) is 38.5 Å². The second-order valence-corrected chi connectivity index (χ2v) is 5.45. The molecule has 5 nitrogen and oxygen atoms in total. The van der Waals surface area contributed by atoms with E-state index in [0.29, 0.717) is 12.2 Å². The summed E-state index contributed by atoms with van der Waals surface area (Å²) in [5, 5.41) is 0. The van der Waals surface area contributed by atoms with Gasteiger partial charge in [0.15, 0.2) is 6.10 Å².